The van der Waals surface area contributed by atoms with Gasteiger partial charge >= 0.3 is 5.97 Å². The number of nitrogens with one attached hydrogen (secondary N) is 1. The van der Waals surface area contributed by atoms with E-state index in [0.717, 1.165) is 5.56 Å². The summed E-state index contributed by atoms with van der Waals surface area (Å²) in [7, 11) is 0. The van der Waals surface area contributed by atoms with Crippen LogP contribution < -0.4 is 5.48 Å². The molecule has 0 saturated carbocycles. The molecule has 2 aromatic rings. The lowest BCUT2D eigenvalue weighted by atomic mass is 10.2. The standard InChI is InChI=1S/C14H14N2O4/c17-13(18)10-20-15-14(19)12-7-4-8-16(12)9-11-5-2-1-3-6-11/h1-8H,9-10H2,(H,15,19)(H,17,18). The van der Waals surface area contributed by atoms with Gasteiger partial charge in [0.1, 0.15) is 5.69 Å². The van der Waals surface area contributed by atoms with Crippen molar-refractivity contribution in [2.45, 2.75) is 6.54 Å². The fraction of sp³-hybridized carbons (Fsp3) is 0.143. The average molecular weight is 274 g/mol. The SMILES string of the molecule is O=C(O)CONC(=O)c1cccn1Cc1ccccc1. The maximum Gasteiger partial charge on any atom is 0.332 e. The Morgan fingerprint density at radius 1 is 1.15 bits per heavy atom. The summed E-state index contributed by atoms with van der Waals surface area (Å²) in [6, 6.07) is 13.1. The molecule has 1 amide bonds. The van der Waals surface area contributed by atoms with Crippen LogP contribution in [0.1, 0.15) is 16.1 Å². The fourth-order valence-corrected chi connectivity index (χ4v) is 1.75. The van der Waals surface area contributed by atoms with Crippen molar-refractivity contribution in [1.29, 1.82) is 0 Å². The van der Waals surface area contributed by atoms with Gasteiger partial charge in [0.15, 0.2) is 6.61 Å². The highest BCUT2D eigenvalue weighted by Crippen LogP contribution is 2.07. The number of rotatable bonds is 6. The summed E-state index contributed by atoms with van der Waals surface area (Å²) in [4.78, 5) is 26.7. The number of hydrogen-bond acceptors (Lipinski definition) is 3. The van der Waals surface area contributed by atoms with Gasteiger partial charge in [0.25, 0.3) is 5.91 Å². The number of aromatic nitrogens is 1. The molecule has 0 aliphatic rings. The zero-order valence-electron chi connectivity index (χ0n) is 10.7. The van der Waals surface area contributed by atoms with Crippen molar-refractivity contribution in [2.24, 2.45) is 0 Å². The molecular weight excluding hydrogens is 260 g/mol. The highest BCUT2D eigenvalue weighted by Gasteiger charge is 2.11. The molecule has 0 saturated heterocycles. The second-order valence-electron chi connectivity index (χ2n) is 4.12. The first-order valence-electron chi connectivity index (χ1n) is 6.00. The third kappa shape index (κ3) is 3.69. The molecule has 1 heterocycles. The predicted octanol–water partition coefficient (Wildman–Crippen LogP) is 1.28. The second-order valence-corrected chi connectivity index (χ2v) is 4.12. The molecule has 0 unspecified atom stereocenters. The van der Waals surface area contributed by atoms with E-state index in [1.165, 1.54) is 0 Å². The summed E-state index contributed by atoms with van der Waals surface area (Å²) in [6.07, 6.45) is 1.78. The molecule has 0 fully saturated rings. The molecule has 1 aromatic carbocycles. The smallest absolute Gasteiger partial charge is 0.332 e. The zero-order valence-corrected chi connectivity index (χ0v) is 10.7. The van der Waals surface area contributed by atoms with Crippen LogP contribution >= 0.6 is 0 Å². The molecule has 6 heteroatoms. The van der Waals surface area contributed by atoms with Gasteiger partial charge in [0, 0.05) is 12.7 Å². The highest BCUT2D eigenvalue weighted by atomic mass is 16.7. The van der Waals surface area contributed by atoms with Crippen molar-refractivity contribution in [2.75, 3.05) is 6.61 Å². The van der Waals surface area contributed by atoms with Gasteiger partial charge < -0.3 is 9.67 Å². The van der Waals surface area contributed by atoms with Crippen LogP contribution in [0.4, 0.5) is 0 Å². The molecule has 2 N–H and O–H groups in total. The van der Waals surface area contributed by atoms with E-state index in [-0.39, 0.29) is 0 Å². The lowest BCUT2D eigenvalue weighted by molar-refractivity contribution is -0.144. The van der Waals surface area contributed by atoms with Crippen molar-refractivity contribution in [3.05, 3.63) is 59.9 Å². The molecule has 2 rings (SSSR count). The van der Waals surface area contributed by atoms with E-state index in [9.17, 15) is 9.59 Å². The number of carbonyl (C=O) groups excluding carboxylic acids is 1. The fourth-order valence-electron chi connectivity index (χ4n) is 1.75. The first-order chi connectivity index (χ1) is 9.66. The topological polar surface area (TPSA) is 80.6 Å². The van der Waals surface area contributed by atoms with E-state index in [0.29, 0.717) is 12.2 Å². The van der Waals surface area contributed by atoms with Crippen LogP contribution in [0.25, 0.3) is 0 Å². The summed E-state index contributed by atoms with van der Waals surface area (Å²) in [6.45, 7) is -0.0271. The molecule has 0 atom stereocenters. The van der Waals surface area contributed by atoms with Crippen LogP contribution in [-0.4, -0.2) is 28.2 Å². The maximum atomic E-state index is 11.8. The van der Waals surface area contributed by atoms with Crippen LogP contribution in [0, 0.1) is 0 Å². The minimum atomic E-state index is -1.15. The van der Waals surface area contributed by atoms with Gasteiger partial charge in [0.05, 0.1) is 0 Å². The zero-order chi connectivity index (χ0) is 14.4. The van der Waals surface area contributed by atoms with E-state index in [1.54, 1.807) is 22.9 Å². The van der Waals surface area contributed by atoms with E-state index in [4.69, 9.17) is 5.11 Å². The Balaban J connectivity index is 2.01. The number of benzene rings is 1. The quantitative estimate of drug-likeness (QED) is 0.778. The first kappa shape index (κ1) is 13.8. The lowest BCUT2D eigenvalue weighted by Gasteiger charge is -2.09. The molecule has 0 aliphatic carbocycles. The van der Waals surface area contributed by atoms with Crippen molar-refractivity contribution < 1.29 is 19.5 Å². The Kier molecular flexibility index (Phi) is 4.52. The summed E-state index contributed by atoms with van der Waals surface area (Å²) in [5.41, 5.74) is 3.56. The maximum absolute atomic E-state index is 11.8. The van der Waals surface area contributed by atoms with Crippen molar-refractivity contribution >= 4 is 11.9 Å². The molecule has 0 bridgehead atoms. The summed E-state index contributed by atoms with van der Waals surface area (Å²) in [5, 5.41) is 8.42. The Morgan fingerprint density at radius 2 is 1.90 bits per heavy atom. The number of hydroxylamine groups is 1. The summed E-state index contributed by atoms with van der Waals surface area (Å²) >= 11 is 0. The molecular formula is C14H14N2O4. The van der Waals surface area contributed by atoms with Gasteiger partial charge in [-0.1, -0.05) is 30.3 Å². The Labute approximate surface area is 115 Å². The number of carboxylic acid groups (broad SMARTS) is 1. The molecule has 0 spiro atoms. The number of carbonyl (C=O) groups is 2. The summed E-state index contributed by atoms with van der Waals surface area (Å²) < 4.78 is 1.76. The molecule has 104 valence electrons. The predicted molar refractivity (Wildman–Crippen MR) is 71.0 cm³/mol. The largest absolute Gasteiger partial charge is 0.479 e. The number of amides is 1. The third-order valence-corrected chi connectivity index (χ3v) is 2.62. The minimum Gasteiger partial charge on any atom is -0.479 e. The van der Waals surface area contributed by atoms with Crippen LogP contribution in [0.2, 0.25) is 0 Å². The molecule has 0 aliphatic heterocycles. The lowest BCUT2D eigenvalue weighted by Crippen LogP contribution is -2.28. The molecule has 6 nitrogen and oxygen atoms in total. The number of nitrogens with zero attached hydrogens (tertiary/aromatic N) is 1. The van der Waals surface area contributed by atoms with Crippen LogP contribution in [0.5, 0.6) is 0 Å². The Bertz CT molecular complexity index is 592. The van der Waals surface area contributed by atoms with Gasteiger partial charge in [0.2, 0.25) is 0 Å². The average Bonchev–Trinajstić information content (AvgIpc) is 2.87. The van der Waals surface area contributed by atoms with Crippen LogP contribution in [-0.2, 0) is 16.2 Å². The van der Waals surface area contributed by atoms with E-state index < -0.39 is 18.5 Å². The highest BCUT2D eigenvalue weighted by molar-refractivity contribution is 5.92. The van der Waals surface area contributed by atoms with E-state index in [2.05, 4.69) is 10.3 Å². The minimum absolute atomic E-state index is 0.402. The van der Waals surface area contributed by atoms with Gasteiger partial charge in [-0.15, -0.1) is 0 Å². The molecule has 20 heavy (non-hydrogen) atoms. The van der Waals surface area contributed by atoms with Crippen LogP contribution in [0.3, 0.4) is 0 Å². The molecule has 1 aromatic heterocycles. The van der Waals surface area contributed by atoms with Crippen molar-refractivity contribution in [1.82, 2.24) is 10.0 Å². The summed E-state index contributed by atoms with van der Waals surface area (Å²) in [5.74, 6) is -1.63. The van der Waals surface area contributed by atoms with Crippen LogP contribution in [0.15, 0.2) is 48.7 Å². The number of aliphatic carboxylic acids is 1. The number of hydrogen-bond donors (Lipinski definition) is 2. The van der Waals surface area contributed by atoms with E-state index in [1.807, 2.05) is 30.3 Å². The molecule has 0 radical (unpaired) electrons. The Morgan fingerprint density at radius 3 is 2.60 bits per heavy atom. The Hall–Kier alpha value is -2.60. The van der Waals surface area contributed by atoms with Gasteiger partial charge in [-0.3, -0.25) is 9.63 Å². The third-order valence-electron chi connectivity index (χ3n) is 2.62. The normalized spacial score (nSPS) is 10.2. The van der Waals surface area contributed by atoms with Gasteiger partial charge in [-0.05, 0) is 17.7 Å². The number of carboxylic acids is 1. The van der Waals surface area contributed by atoms with Crippen molar-refractivity contribution in [3.8, 4) is 0 Å². The van der Waals surface area contributed by atoms with Gasteiger partial charge in [-0.25, -0.2) is 10.3 Å². The first-order valence-corrected chi connectivity index (χ1v) is 6.00. The van der Waals surface area contributed by atoms with E-state index >= 15 is 0 Å². The second kappa shape index (κ2) is 6.53. The van der Waals surface area contributed by atoms with Crippen molar-refractivity contribution in [3.63, 3.8) is 0 Å². The monoisotopic (exact) mass is 274 g/mol. The van der Waals surface area contributed by atoms with Gasteiger partial charge in [-0.2, -0.15) is 0 Å².